The fourth-order valence-corrected chi connectivity index (χ4v) is 4.03. The minimum Gasteiger partial charge on any atom is -0.468 e. The molecule has 1 unspecified atom stereocenters. The van der Waals surface area contributed by atoms with Crippen LogP contribution < -0.4 is 10.6 Å². The fraction of sp³-hybridized carbons (Fsp3) is 0.478. The largest absolute Gasteiger partial charge is 0.468 e. The van der Waals surface area contributed by atoms with E-state index in [9.17, 15) is 0 Å². The number of nitrogens with zero attached hydrogens (tertiary/aromatic N) is 3. The number of benzene rings is 1. The predicted molar refractivity (Wildman–Crippen MR) is 121 cm³/mol. The van der Waals surface area contributed by atoms with E-state index in [0.717, 1.165) is 67.6 Å². The molecule has 1 fully saturated rings. The number of rotatable bonds is 9. The van der Waals surface area contributed by atoms with Crippen molar-refractivity contribution in [2.24, 2.45) is 4.99 Å². The second-order valence-electron chi connectivity index (χ2n) is 7.72. The van der Waals surface area contributed by atoms with Crippen LogP contribution in [0.4, 0.5) is 0 Å². The number of para-hydroxylation sites is 2. The highest BCUT2D eigenvalue weighted by atomic mass is 16.3. The first-order chi connectivity index (χ1) is 14.8. The van der Waals surface area contributed by atoms with Crippen LogP contribution in [0.15, 0.2) is 52.1 Å². The first-order valence-corrected chi connectivity index (χ1v) is 11.1. The number of aromatic amines is 1. The molecule has 30 heavy (non-hydrogen) atoms. The van der Waals surface area contributed by atoms with Crippen molar-refractivity contribution in [2.45, 2.75) is 38.6 Å². The third kappa shape index (κ3) is 5.21. The summed E-state index contributed by atoms with van der Waals surface area (Å²) in [5.74, 6) is 2.89. The lowest BCUT2D eigenvalue weighted by atomic mass is 10.2. The van der Waals surface area contributed by atoms with Crippen LogP contribution in [-0.2, 0) is 6.42 Å². The zero-order valence-corrected chi connectivity index (χ0v) is 17.7. The van der Waals surface area contributed by atoms with Crippen LogP contribution in [0.3, 0.4) is 0 Å². The number of guanidine groups is 1. The number of nitrogens with one attached hydrogen (secondary N) is 3. The maximum absolute atomic E-state index is 5.71. The van der Waals surface area contributed by atoms with Gasteiger partial charge in [0, 0.05) is 19.5 Å². The Hall–Kier alpha value is -2.80. The Morgan fingerprint density at radius 3 is 2.83 bits per heavy atom. The van der Waals surface area contributed by atoms with Crippen molar-refractivity contribution < 1.29 is 4.42 Å². The first kappa shape index (κ1) is 20.5. The molecule has 3 N–H and O–H groups in total. The number of hydrogen-bond acceptors (Lipinski definition) is 4. The van der Waals surface area contributed by atoms with E-state index in [4.69, 9.17) is 9.41 Å². The Morgan fingerprint density at radius 1 is 1.20 bits per heavy atom. The smallest absolute Gasteiger partial charge is 0.191 e. The molecule has 1 saturated heterocycles. The molecule has 0 radical (unpaired) electrons. The second-order valence-corrected chi connectivity index (χ2v) is 7.72. The Labute approximate surface area is 178 Å². The van der Waals surface area contributed by atoms with Gasteiger partial charge in [-0.3, -0.25) is 9.89 Å². The van der Waals surface area contributed by atoms with E-state index in [-0.39, 0.29) is 6.04 Å². The van der Waals surface area contributed by atoms with Gasteiger partial charge in [0.1, 0.15) is 11.6 Å². The molecule has 0 bridgehead atoms. The van der Waals surface area contributed by atoms with Crippen LogP contribution >= 0.6 is 0 Å². The van der Waals surface area contributed by atoms with E-state index in [2.05, 4.69) is 44.6 Å². The summed E-state index contributed by atoms with van der Waals surface area (Å²) in [4.78, 5) is 15.4. The van der Waals surface area contributed by atoms with Crippen LogP contribution in [0.5, 0.6) is 0 Å². The number of aryl methyl sites for hydroxylation is 1. The molecule has 2 aromatic heterocycles. The van der Waals surface area contributed by atoms with Gasteiger partial charge in [-0.1, -0.05) is 12.1 Å². The van der Waals surface area contributed by atoms with E-state index in [1.54, 1.807) is 6.26 Å². The van der Waals surface area contributed by atoms with E-state index in [0.29, 0.717) is 6.54 Å². The van der Waals surface area contributed by atoms with Crippen molar-refractivity contribution in [3.05, 3.63) is 54.2 Å². The van der Waals surface area contributed by atoms with Gasteiger partial charge in [0.2, 0.25) is 0 Å². The molecule has 7 heteroatoms. The van der Waals surface area contributed by atoms with Gasteiger partial charge in [-0.15, -0.1) is 0 Å². The molecule has 1 aromatic carbocycles. The average molecular weight is 409 g/mol. The van der Waals surface area contributed by atoms with Crippen LogP contribution in [0, 0.1) is 0 Å². The number of H-pyrrole nitrogens is 1. The Kier molecular flexibility index (Phi) is 7.03. The maximum atomic E-state index is 5.71. The summed E-state index contributed by atoms with van der Waals surface area (Å²) in [6.45, 7) is 6.69. The van der Waals surface area contributed by atoms with Crippen LogP contribution in [-0.4, -0.2) is 53.6 Å². The van der Waals surface area contributed by atoms with Gasteiger partial charge >= 0.3 is 0 Å². The van der Waals surface area contributed by atoms with Crippen molar-refractivity contribution in [3.63, 3.8) is 0 Å². The van der Waals surface area contributed by atoms with Crippen molar-refractivity contribution >= 4 is 17.0 Å². The molecule has 3 heterocycles. The molecular weight excluding hydrogens is 376 g/mol. The van der Waals surface area contributed by atoms with Crippen molar-refractivity contribution in [1.82, 2.24) is 25.5 Å². The van der Waals surface area contributed by atoms with Gasteiger partial charge in [0.05, 0.1) is 29.9 Å². The molecule has 3 aromatic rings. The van der Waals surface area contributed by atoms with Crippen molar-refractivity contribution in [3.8, 4) is 0 Å². The van der Waals surface area contributed by atoms with Crippen LogP contribution in [0.2, 0.25) is 0 Å². The predicted octanol–water partition coefficient (Wildman–Crippen LogP) is 3.48. The average Bonchev–Trinajstić information content (AvgIpc) is 3.53. The van der Waals surface area contributed by atoms with Crippen molar-refractivity contribution in [2.75, 3.05) is 32.7 Å². The van der Waals surface area contributed by atoms with Gasteiger partial charge in [-0.25, -0.2) is 4.98 Å². The lowest BCUT2D eigenvalue weighted by molar-refractivity contribution is 0.221. The molecule has 0 aliphatic carbocycles. The summed E-state index contributed by atoms with van der Waals surface area (Å²) >= 11 is 0. The Bertz CT molecular complexity index is 893. The quantitative estimate of drug-likeness (QED) is 0.287. The minimum atomic E-state index is 0.202. The molecule has 1 atom stereocenters. The zero-order chi connectivity index (χ0) is 20.6. The van der Waals surface area contributed by atoms with E-state index in [1.807, 2.05) is 24.3 Å². The number of imidazole rings is 1. The van der Waals surface area contributed by atoms with Gasteiger partial charge in [0.25, 0.3) is 0 Å². The summed E-state index contributed by atoms with van der Waals surface area (Å²) < 4.78 is 5.71. The highest BCUT2D eigenvalue weighted by molar-refractivity contribution is 5.79. The third-order valence-corrected chi connectivity index (χ3v) is 5.54. The SMILES string of the molecule is CCNC(=NCC(c1ccco1)N1CCCC1)NCCCc1nc2ccccc2[nH]1. The van der Waals surface area contributed by atoms with E-state index in [1.165, 1.54) is 12.8 Å². The number of hydrogen-bond donors (Lipinski definition) is 3. The summed E-state index contributed by atoms with van der Waals surface area (Å²) in [5, 5.41) is 6.82. The first-order valence-electron chi connectivity index (χ1n) is 11.1. The zero-order valence-electron chi connectivity index (χ0n) is 17.7. The number of fused-ring (bicyclic) bond motifs is 1. The van der Waals surface area contributed by atoms with Gasteiger partial charge in [0.15, 0.2) is 5.96 Å². The number of furan rings is 1. The monoisotopic (exact) mass is 408 g/mol. The fourth-order valence-electron chi connectivity index (χ4n) is 4.03. The normalized spacial score (nSPS) is 16.2. The highest BCUT2D eigenvalue weighted by Gasteiger charge is 2.25. The maximum Gasteiger partial charge on any atom is 0.191 e. The van der Waals surface area contributed by atoms with Crippen LogP contribution in [0.1, 0.15) is 43.8 Å². The summed E-state index contributed by atoms with van der Waals surface area (Å²) in [5.41, 5.74) is 2.13. The second kappa shape index (κ2) is 10.3. The Balaban J connectivity index is 1.31. The van der Waals surface area contributed by atoms with Gasteiger partial charge in [-0.05, 0) is 63.5 Å². The van der Waals surface area contributed by atoms with E-state index >= 15 is 0 Å². The number of aliphatic imine (C=N–C) groups is 1. The van der Waals surface area contributed by atoms with E-state index < -0.39 is 0 Å². The van der Waals surface area contributed by atoms with Gasteiger partial charge in [-0.2, -0.15) is 0 Å². The molecule has 7 nitrogen and oxygen atoms in total. The molecular formula is C23H32N6O. The lowest BCUT2D eigenvalue weighted by Crippen LogP contribution is -2.39. The molecule has 1 aliphatic heterocycles. The summed E-state index contributed by atoms with van der Waals surface area (Å²) in [6, 6.07) is 12.4. The molecule has 4 rings (SSSR count). The highest BCUT2D eigenvalue weighted by Crippen LogP contribution is 2.25. The van der Waals surface area contributed by atoms with Gasteiger partial charge < -0.3 is 20.0 Å². The molecule has 160 valence electrons. The van der Waals surface area contributed by atoms with Crippen LogP contribution in [0.25, 0.3) is 11.0 Å². The summed E-state index contributed by atoms with van der Waals surface area (Å²) in [7, 11) is 0. The molecule has 1 aliphatic rings. The number of likely N-dealkylation sites (tertiary alicyclic amines) is 1. The topological polar surface area (TPSA) is 81.5 Å². The molecule has 0 amide bonds. The lowest BCUT2D eigenvalue weighted by Gasteiger charge is -2.24. The molecule has 0 saturated carbocycles. The molecule has 0 spiro atoms. The standard InChI is InChI=1S/C23H32N6O/c1-2-24-23(25-13-7-12-22-27-18-9-3-4-10-19(18)28-22)26-17-20(21-11-8-16-30-21)29-14-5-6-15-29/h3-4,8-11,16,20H,2,5-7,12-15,17H2,1H3,(H,27,28)(H2,24,25,26). The Morgan fingerprint density at radius 2 is 2.07 bits per heavy atom. The number of aromatic nitrogens is 2. The minimum absolute atomic E-state index is 0.202. The summed E-state index contributed by atoms with van der Waals surface area (Å²) in [6.07, 6.45) is 6.15. The van der Waals surface area contributed by atoms with Crippen molar-refractivity contribution in [1.29, 1.82) is 0 Å². The third-order valence-electron chi connectivity index (χ3n) is 5.54.